The lowest BCUT2D eigenvalue weighted by Gasteiger charge is -2.10. The number of rotatable bonds is 4. The maximum atomic E-state index is 5.83. The van der Waals surface area contributed by atoms with E-state index in [-0.39, 0.29) is 0 Å². The molecule has 0 aromatic heterocycles. The largest absolute Gasteiger partial charge is 0.493 e. The van der Waals surface area contributed by atoms with E-state index in [2.05, 4.69) is 10.3 Å². The molecule has 4 nitrogen and oxygen atoms in total. The lowest BCUT2D eigenvalue weighted by molar-refractivity contribution is 0.379. The van der Waals surface area contributed by atoms with Crippen LogP contribution in [-0.2, 0) is 0 Å². The van der Waals surface area contributed by atoms with Crippen LogP contribution in [0.15, 0.2) is 53.5 Å². The molecule has 2 aromatic carbocycles. The van der Waals surface area contributed by atoms with Gasteiger partial charge in [0.2, 0.25) is 0 Å². The summed E-state index contributed by atoms with van der Waals surface area (Å²) < 4.78 is 11.1. The van der Waals surface area contributed by atoms with Crippen LogP contribution in [0.1, 0.15) is 5.56 Å². The zero-order chi connectivity index (χ0) is 13.8. The summed E-state index contributed by atoms with van der Waals surface area (Å²) in [6.45, 7) is 1.75. The standard InChI is InChI=1S/C16H16N2O2/c1-19-14-4-2-3-5-15(14)20-13-8-6-12(7-9-13)16-17-10-11-18-16/h2-9H,10-11H2,1H3,(H,17,18). The Balaban J connectivity index is 1.78. The van der Waals surface area contributed by atoms with Gasteiger partial charge >= 0.3 is 0 Å². The molecule has 0 radical (unpaired) electrons. The van der Waals surface area contributed by atoms with Crippen LogP contribution in [0.5, 0.6) is 17.2 Å². The summed E-state index contributed by atoms with van der Waals surface area (Å²) in [5.74, 6) is 3.16. The number of hydrogen-bond acceptors (Lipinski definition) is 4. The van der Waals surface area contributed by atoms with Gasteiger partial charge in [-0.1, -0.05) is 12.1 Å². The second-order valence-corrected chi connectivity index (χ2v) is 4.43. The minimum atomic E-state index is 0.707. The quantitative estimate of drug-likeness (QED) is 0.927. The number of nitrogens with zero attached hydrogens (tertiary/aromatic N) is 1. The van der Waals surface area contributed by atoms with Crippen LogP contribution in [0.3, 0.4) is 0 Å². The first-order chi connectivity index (χ1) is 9.86. The molecule has 0 bridgehead atoms. The van der Waals surface area contributed by atoms with Gasteiger partial charge in [0.15, 0.2) is 11.5 Å². The molecule has 1 aliphatic rings. The number of aliphatic imine (C=N–C) groups is 1. The van der Waals surface area contributed by atoms with Crippen LogP contribution in [0.25, 0.3) is 0 Å². The first-order valence-electron chi connectivity index (χ1n) is 6.56. The molecule has 1 N–H and O–H groups in total. The normalized spacial score (nSPS) is 13.6. The molecule has 0 aliphatic carbocycles. The Hall–Kier alpha value is -2.49. The lowest BCUT2D eigenvalue weighted by atomic mass is 10.2. The summed E-state index contributed by atoms with van der Waals surface area (Å²) in [5, 5.41) is 3.25. The van der Waals surface area contributed by atoms with E-state index in [0.717, 1.165) is 36.0 Å². The van der Waals surface area contributed by atoms with E-state index < -0.39 is 0 Å². The van der Waals surface area contributed by atoms with Crippen molar-refractivity contribution in [3.8, 4) is 17.2 Å². The van der Waals surface area contributed by atoms with E-state index in [0.29, 0.717) is 5.75 Å². The minimum Gasteiger partial charge on any atom is -0.493 e. The maximum absolute atomic E-state index is 5.83. The summed E-state index contributed by atoms with van der Waals surface area (Å²) in [7, 11) is 1.63. The Morgan fingerprint density at radius 2 is 1.75 bits per heavy atom. The van der Waals surface area contributed by atoms with Gasteiger partial charge < -0.3 is 14.8 Å². The summed E-state index contributed by atoms with van der Waals surface area (Å²) >= 11 is 0. The number of hydrogen-bond donors (Lipinski definition) is 1. The molecule has 102 valence electrons. The Morgan fingerprint density at radius 3 is 2.40 bits per heavy atom. The molecular weight excluding hydrogens is 252 g/mol. The van der Waals surface area contributed by atoms with Crippen LogP contribution in [0.2, 0.25) is 0 Å². The molecule has 0 fully saturated rings. The molecule has 0 amide bonds. The van der Waals surface area contributed by atoms with Crippen LogP contribution < -0.4 is 14.8 Å². The molecule has 2 aromatic rings. The highest BCUT2D eigenvalue weighted by Gasteiger charge is 2.08. The van der Waals surface area contributed by atoms with E-state index in [1.807, 2.05) is 48.5 Å². The van der Waals surface area contributed by atoms with E-state index in [1.165, 1.54) is 0 Å². The number of para-hydroxylation sites is 2. The minimum absolute atomic E-state index is 0.707. The fraction of sp³-hybridized carbons (Fsp3) is 0.188. The zero-order valence-electron chi connectivity index (χ0n) is 11.3. The molecular formula is C16H16N2O2. The number of ether oxygens (including phenoxy) is 2. The van der Waals surface area contributed by atoms with Gasteiger partial charge in [-0.15, -0.1) is 0 Å². The van der Waals surface area contributed by atoms with Crippen molar-refractivity contribution in [1.82, 2.24) is 5.32 Å². The second kappa shape index (κ2) is 5.65. The first-order valence-corrected chi connectivity index (χ1v) is 6.56. The lowest BCUT2D eigenvalue weighted by Crippen LogP contribution is -2.19. The number of amidine groups is 1. The van der Waals surface area contributed by atoms with E-state index in [4.69, 9.17) is 9.47 Å². The van der Waals surface area contributed by atoms with Gasteiger partial charge in [0.05, 0.1) is 13.7 Å². The van der Waals surface area contributed by atoms with Crippen molar-refractivity contribution in [2.24, 2.45) is 4.99 Å². The summed E-state index contributed by atoms with van der Waals surface area (Å²) in [6.07, 6.45) is 0. The molecule has 20 heavy (non-hydrogen) atoms. The highest BCUT2D eigenvalue weighted by Crippen LogP contribution is 2.30. The van der Waals surface area contributed by atoms with Crippen molar-refractivity contribution < 1.29 is 9.47 Å². The van der Waals surface area contributed by atoms with Crippen LogP contribution in [-0.4, -0.2) is 26.0 Å². The topological polar surface area (TPSA) is 42.9 Å². The van der Waals surface area contributed by atoms with Crippen LogP contribution in [0, 0.1) is 0 Å². The van der Waals surface area contributed by atoms with Gasteiger partial charge in [-0.3, -0.25) is 4.99 Å². The molecule has 1 heterocycles. The summed E-state index contributed by atoms with van der Waals surface area (Å²) in [5.41, 5.74) is 1.08. The van der Waals surface area contributed by atoms with Crippen molar-refractivity contribution in [2.75, 3.05) is 20.2 Å². The van der Waals surface area contributed by atoms with Gasteiger partial charge in [-0.2, -0.15) is 0 Å². The van der Waals surface area contributed by atoms with E-state index in [9.17, 15) is 0 Å². The molecule has 0 saturated heterocycles. The van der Waals surface area contributed by atoms with Crippen molar-refractivity contribution in [3.05, 3.63) is 54.1 Å². The Labute approximate surface area is 118 Å². The van der Waals surface area contributed by atoms with Crippen LogP contribution in [0.4, 0.5) is 0 Å². The molecule has 0 unspecified atom stereocenters. The molecule has 1 aliphatic heterocycles. The highest BCUT2D eigenvalue weighted by molar-refractivity contribution is 5.99. The van der Waals surface area contributed by atoms with Gasteiger partial charge in [0, 0.05) is 12.1 Å². The number of nitrogens with one attached hydrogen (secondary N) is 1. The van der Waals surface area contributed by atoms with E-state index in [1.54, 1.807) is 7.11 Å². The fourth-order valence-corrected chi connectivity index (χ4v) is 2.10. The molecule has 4 heteroatoms. The smallest absolute Gasteiger partial charge is 0.169 e. The zero-order valence-corrected chi connectivity index (χ0v) is 11.3. The SMILES string of the molecule is COc1ccccc1Oc1ccc(C2=NCCN2)cc1. The van der Waals surface area contributed by atoms with Gasteiger partial charge in [0.1, 0.15) is 11.6 Å². The van der Waals surface area contributed by atoms with Gasteiger partial charge in [-0.05, 0) is 36.4 Å². The molecule has 0 spiro atoms. The second-order valence-electron chi connectivity index (χ2n) is 4.43. The van der Waals surface area contributed by atoms with Gasteiger partial charge in [-0.25, -0.2) is 0 Å². The summed E-state index contributed by atoms with van der Waals surface area (Å²) in [4.78, 5) is 4.39. The molecule has 0 saturated carbocycles. The average Bonchev–Trinajstić information content (AvgIpc) is 3.03. The van der Waals surface area contributed by atoms with Crippen LogP contribution >= 0.6 is 0 Å². The van der Waals surface area contributed by atoms with Crippen molar-refractivity contribution >= 4 is 5.84 Å². The Kier molecular flexibility index (Phi) is 3.54. The summed E-state index contributed by atoms with van der Waals surface area (Å²) in [6, 6.07) is 15.5. The fourth-order valence-electron chi connectivity index (χ4n) is 2.10. The van der Waals surface area contributed by atoms with Crippen molar-refractivity contribution in [3.63, 3.8) is 0 Å². The van der Waals surface area contributed by atoms with Crippen molar-refractivity contribution in [2.45, 2.75) is 0 Å². The Morgan fingerprint density at radius 1 is 1.00 bits per heavy atom. The predicted molar refractivity (Wildman–Crippen MR) is 78.9 cm³/mol. The van der Waals surface area contributed by atoms with Crippen molar-refractivity contribution in [1.29, 1.82) is 0 Å². The maximum Gasteiger partial charge on any atom is 0.169 e. The predicted octanol–water partition coefficient (Wildman–Crippen LogP) is 2.84. The number of benzene rings is 2. The third-order valence-corrected chi connectivity index (χ3v) is 3.10. The average molecular weight is 268 g/mol. The third kappa shape index (κ3) is 2.59. The third-order valence-electron chi connectivity index (χ3n) is 3.10. The number of methoxy groups -OCH3 is 1. The highest BCUT2D eigenvalue weighted by atomic mass is 16.5. The Bertz CT molecular complexity index is 621. The first kappa shape index (κ1) is 12.5. The molecule has 0 atom stereocenters. The monoisotopic (exact) mass is 268 g/mol. The van der Waals surface area contributed by atoms with Gasteiger partial charge in [0.25, 0.3) is 0 Å². The molecule has 3 rings (SSSR count). The van der Waals surface area contributed by atoms with E-state index >= 15 is 0 Å².